The fourth-order valence-electron chi connectivity index (χ4n) is 0.906. The summed E-state index contributed by atoms with van der Waals surface area (Å²) in [5.74, 6) is 0. The zero-order valence-corrected chi connectivity index (χ0v) is 21.9. The molecule has 2 aromatic heterocycles. The van der Waals surface area contributed by atoms with E-state index in [1.165, 1.54) is 55.4 Å². The molecule has 0 aromatic carbocycles. The summed E-state index contributed by atoms with van der Waals surface area (Å²) in [6.45, 7) is 3.70. The second-order valence-corrected chi connectivity index (χ2v) is 5.27. The molecule has 0 fully saturated rings. The molecule has 2 heterocycles. The van der Waals surface area contributed by atoms with Gasteiger partial charge in [-0.15, -0.1) is 0 Å². The average molecular weight is 432 g/mol. The molecular weight excluding hydrogens is 417 g/mol. The number of aromatic nitrogens is 4. The van der Waals surface area contributed by atoms with Crippen LogP contribution >= 0.6 is 59.2 Å². The molecule has 23 heavy (non-hydrogen) atoms. The number of halogens is 3. The van der Waals surface area contributed by atoms with Crippen LogP contribution in [-0.4, -0.2) is 76.1 Å². The van der Waals surface area contributed by atoms with Crippen LogP contribution in [0.3, 0.4) is 0 Å². The van der Waals surface area contributed by atoms with Crippen molar-refractivity contribution in [1.82, 2.24) is 19.9 Å². The number of aryl methyl sites for hydroxylation is 2. The Morgan fingerprint density at radius 1 is 0.913 bits per heavy atom. The summed E-state index contributed by atoms with van der Waals surface area (Å²) >= 11 is 24.6. The van der Waals surface area contributed by atoms with E-state index in [0.29, 0.717) is 10.3 Å². The molecule has 0 bridgehead atoms. The van der Waals surface area contributed by atoms with E-state index in [1.807, 2.05) is 20.1 Å². The van der Waals surface area contributed by atoms with Gasteiger partial charge in [0.15, 0.2) is 5.16 Å². The Morgan fingerprint density at radius 2 is 1.35 bits per heavy atom. The minimum absolute atomic E-state index is 0.186. The van der Waals surface area contributed by atoms with Gasteiger partial charge in [0.25, 0.3) is 0 Å². The van der Waals surface area contributed by atoms with Gasteiger partial charge in [-0.3, -0.25) is 0 Å². The number of nitrogens with zero attached hydrogens (tertiary/aromatic N) is 4. The third kappa shape index (κ3) is 12.7. The first-order chi connectivity index (χ1) is 10.9. The SMILES string of the molecule is CS.CSc1ncc(C)c(Cl)n1.Cc1cnc(Cl)nc1Cl.[Na][Na]. The van der Waals surface area contributed by atoms with Crippen molar-refractivity contribution in [3.8, 4) is 0 Å². The third-order valence-corrected chi connectivity index (χ3v) is 3.46. The third-order valence-electron chi connectivity index (χ3n) is 1.95. The molecule has 118 valence electrons. The van der Waals surface area contributed by atoms with Crippen molar-refractivity contribution >= 4 is 103 Å². The molecule has 0 spiro atoms. The van der Waals surface area contributed by atoms with Gasteiger partial charge in [0.05, 0.1) is 0 Å². The molecule has 0 aliphatic carbocycles. The van der Waals surface area contributed by atoms with Crippen molar-refractivity contribution in [2.24, 2.45) is 0 Å². The predicted octanol–water partition coefficient (Wildman–Crippen LogP) is 4.04. The molecule has 2 rings (SSSR count). The Balaban J connectivity index is 0. The summed E-state index contributed by atoms with van der Waals surface area (Å²) in [5, 5.41) is 1.86. The number of thiol groups is 1. The van der Waals surface area contributed by atoms with Crippen LogP contribution in [0.25, 0.3) is 0 Å². The average Bonchev–Trinajstić information content (AvgIpc) is 2.58. The zero-order chi connectivity index (χ0) is 18.4. The molecule has 0 amide bonds. The molecule has 0 aliphatic heterocycles. The molecular formula is C12H15Cl3N4Na2S2. The Hall–Kier alpha value is 1.73. The molecule has 0 atom stereocenters. The Bertz CT molecular complexity index is 580. The number of hydrogen-bond acceptors (Lipinski definition) is 6. The molecule has 0 unspecified atom stereocenters. The Labute approximate surface area is 190 Å². The molecule has 0 aliphatic rings. The van der Waals surface area contributed by atoms with E-state index in [9.17, 15) is 0 Å². The first-order valence-corrected chi connectivity index (χ1v) is 17.8. The standard InChI is InChI=1S/C6H7ClN2S.C5H4Cl2N2.CH4S.2Na/c1-4-3-8-6(10-2)9-5(4)7;1-3-2-8-5(7)9-4(3)6;1-2;;/h3H,1-2H3;2H,1H3;2H,1H3;;. The number of rotatable bonds is 1. The molecule has 0 N–H and O–H groups in total. The van der Waals surface area contributed by atoms with E-state index in [4.69, 9.17) is 34.8 Å². The summed E-state index contributed by atoms with van der Waals surface area (Å²) in [6.07, 6.45) is 6.92. The van der Waals surface area contributed by atoms with Gasteiger partial charge in [-0.25, -0.2) is 19.9 Å². The van der Waals surface area contributed by atoms with Crippen LogP contribution in [0, 0.1) is 13.8 Å². The summed E-state index contributed by atoms with van der Waals surface area (Å²) < 4.78 is 0. The van der Waals surface area contributed by atoms with E-state index in [0.717, 1.165) is 16.3 Å². The number of hydrogen-bond donors (Lipinski definition) is 1. The summed E-state index contributed by atoms with van der Waals surface area (Å²) in [5.41, 5.74) is 1.75. The molecule has 11 heteroatoms. The summed E-state index contributed by atoms with van der Waals surface area (Å²) in [4.78, 5) is 15.4. The van der Waals surface area contributed by atoms with Crippen LogP contribution in [-0.2, 0) is 0 Å². The fraction of sp³-hybridized carbons (Fsp3) is 0.333. The minimum atomic E-state index is 0.186. The topological polar surface area (TPSA) is 51.6 Å². The fourth-order valence-corrected chi connectivity index (χ4v) is 1.73. The van der Waals surface area contributed by atoms with Crippen molar-refractivity contribution < 1.29 is 0 Å². The van der Waals surface area contributed by atoms with E-state index >= 15 is 0 Å². The van der Waals surface area contributed by atoms with Crippen LogP contribution < -0.4 is 0 Å². The maximum atomic E-state index is 5.73. The molecule has 0 saturated carbocycles. The van der Waals surface area contributed by atoms with Crippen molar-refractivity contribution in [3.05, 3.63) is 39.1 Å². The Morgan fingerprint density at radius 3 is 1.70 bits per heavy atom. The monoisotopic (exact) mass is 430 g/mol. The summed E-state index contributed by atoms with van der Waals surface area (Å²) in [6, 6.07) is 0. The van der Waals surface area contributed by atoms with Crippen LogP contribution in [0.4, 0.5) is 0 Å². The summed E-state index contributed by atoms with van der Waals surface area (Å²) in [7, 11) is 0. The molecule has 4 nitrogen and oxygen atoms in total. The molecule has 0 radical (unpaired) electrons. The Kier molecular flexibility index (Phi) is 20.1. The van der Waals surface area contributed by atoms with E-state index < -0.39 is 0 Å². The second-order valence-electron chi connectivity index (χ2n) is 3.44. The van der Waals surface area contributed by atoms with Gasteiger partial charge in [0.2, 0.25) is 5.28 Å². The maximum absolute atomic E-state index is 5.73. The first-order valence-electron chi connectivity index (χ1n) is 6.56. The van der Waals surface area contributed by atoms with E-state index in [2.05, 4.69) is 32.6 Å². The van der Waals surface area contributed by atoms with E-state index in [1.54, 1.807) is 18.6 Å². The van der Waals surface area contributed by atoms with Gasteiger partial charge in [-0.2, -0.15) is 12.6 Å². The molecule has 2 aromatic rings. The number of thioether (sulfide) groups is 1. The van der Waals surface area contributed by atoms with Crippen LogP contribution in [0.2, 0.25) is 15.6 Å². The van der Waals surface area contributed by atoms with Gasteiger partial charge in [0.1, 0.15) is 10.3 Å². The van der Waals surface area contributed by atoms with Gasteiger partial charge < -0.3 is 0 Å². The van der Waals surface area contributed by atoms with Crippen molar-refractivity contribution in [2.75, 3.05) is 12.5 Å². The normalized spacial score (nSPS) is 8.70. The first kappa shape index (κ1) is 27.0. The van der Waals surface area contributed by atoms with Gasteiger partial charge >= 0.3 is 43.6 Å². The van der Waals surface area contributed by atoms with E-state index in [-0.39, 0.29) is 5.28 Å². The van der Waals surface area contributed by atoms with Crippen molar-refractivity contribution in [2.45, 2.75) is 19.0 Å². The quantitative estimate of drug-likeness (QED) is 0.243. The molecule has 0 saturated heterocycles. The van der Waals surface area contributed by atoms with Crippen LogP contribution in [0.15, 0.2) is 17.6 Å². The van der Waals surface area contributed by atoms with Crippen LogP contribution in [0.1, 0.15) is 11.1 Å². The van der Waals surface area contributed by atoms with Gasteiger partial charge in [0, 0.05) is 23.5 Å². The van der Waals surface area contributed by atoms with Crippen LogP contribution in [0.5, 0.6) is 0 Å². The van der Waals surface area contributed by atoms with Crippen molar-refractivity contribution in [1.29, 1.82) is 0 Å². The zero-order valence-electron chi connectivity index (χ0n) is 13.9. The predicted molar refractivity (Wildman–Crippen MR) is 107 cm³/mol. The second kappa shape index (κ2) is 17.2. The van der Waals surface area contributed by atoms with Gasteiger partial charge in [-0.1, -0.05) is 35.0 Å². The van der Waals surface area contributed by atoms with Gasteiger partial charge in [-0.05, 0) is 38.0 Å². The van der Waals surface area contributed by atoms with Crippen molar-refractivity contribution in [3.63, 3.8) is 0 Å².